The highest BCUT2D eigenvalue weighted by Gasteiger charge is 2.81. The number of rotatable bonds is 2. The van der Waals surface area contributed by atoms with Crippen LogP contribution in [0, 0.1) is 46.3 Å². The standard InChI is InChI=1S/C28H44O5Si/c1-14-13-27-15(2)12-18-20(26(18,8)9)19(22(27)29)21(33-34(10,11)25(5,6)7)16(3)23-28(27,17(14)4)32-24(30)31-23/h13,15-21,23H,12H2,1-11H3/t15-,16+,17+,18-,19-,20-,21-,23-,27+,28-/m1/s1. The molecule has 1 heterocycles. The number of hydrogen-bond donors (Lipinski definition) is 0. The quantitative estimate of drug-likeness (QED) is 0.256. The Bertz CT molecular complexity index is 976. The summed E-state index contributed by atoms with van der Waals surface area (Å²) in [5.41, 5.74) is -0.609. The van der Waals surface area contributed by atoms with Gasteiger partial charge < -0.3 is 13.9 Å². The fourth-order valence-corrected chi connectivity index (χ4v) is 9.79. The van der Waals surface area contributed by atoms with Crippen LogP contribution in [0.25, 0.3) is 0 Å². The Balaban J connectivity index is 1.76. The third-order valence-electron chi connectivity index (χ3n) is 11.5. The molecule has 0 aromatic heterocycles. The highest BCUT2D eigenvalue weighted by atomic mass is 28.4. The SMILES string of the molecule is CC1=C[C@]23C(=O)[C@@H]([C@H](O[Si](C)(C)C(C)(C)C)[C@H](C)[C@H]4OC(=O)O[C@]42[C@H]1C)[C@H]1[C@@H](C[C@H]3C)C1(C)C. The molecule has 2 spiro atoms. The van der Waals surface area contributed by atoms with Gasteiger partial charge in [-0.05, 0) is 54.6 Å². The maximum Gasteiger partial charge on any atom is 0.509 e. The smallest absolute Gasteiger partial charge is 0.426 e. The Morgan fingerprint density at radius 2 is 1.74 bits per heavy atom. The molecule has 1 aliphatic heterocycles. The molecule has 4 aliphatic carbocycles. The number of ether oxygens (including phenoxy) is 2. The van der Waals surface area contributed by atoms with Crippen molar-refractivity contribution in [2.24, 2.45) is 46.3 Å². The van der Waals surface area contributed by atoms with Gasteiger partial charge in [-0.2, -0.15) is 0 Å². The fraction of sp³-hybridized carbons (Fsp3) is 0.857. The van der Waals surface area contributed by atoms with Crippen LogP contribution in [0.5, 0.6) is 0 Å². The van der Waals surface area contributed by atoms with E-state index in [0.717, 1.165) is 12.0 Å². The lowest BCUT2D eigenvalue weighted by molar-refractivity contribution is -0.154. The van der Waals surface area contributed by atoms with E-state index in [-0.39, 0.29) is 51.9 Å². The number of carbonyl (C=O) groups excluding carboxylic acids is 2. The lowest BCUT2D eigenvalue weighted by Gasteiger charge is -2.47. The summed E-state index contributed by atoms with van der Waals surface area (Å²) >= 11 is 0. The second-order valence-electron chi connectivity index (χ2n) is 14.3. The van der Waals surface area contributed by atoms with Gasteiger partial charge in [0.15, 0.2) is 25.8 Å². The lowest BCUT2D eigenvalue weighted by Crippen LogP contribution is -2.62. The Morgan fingerprint density at radius 3 is 2.32 bits per heavy atom. The molecule has 0 unspecified atom stereocenters. The number of ketones is 1. The molecule has 190 valence electrons. The van der Waals surface area contributed by atoms with Crippen molar-refractivity contribution >= 4 is 20.3 Å². The molecule has 0 amide bonds. The first-order chi connectivity index (χ1) is 15.4. The summed E-state index contributed by atoms with van der Waals surface area (Å²) in [5.74, 6) is 0.634. The molecule has 4 fully saturated rings. The first kappa shape index (κ1) is 24.5. The number of hydrogen-bond acceptors (Lipinski definition) is 5. The van der Waals surface area contributed by atoms with E-state index in [1.54, 1.807) is 0 Å². The summed E-state index contributed by atoms with van der Waals surface area (Å²) in [5, 5.41) is 0.0104. The topological polar surface area (TPSA) is 61.8 Å². The second kappa shape index (κ2) is 6.79. The molecule has 34 heavy (non-hydrogen) atoms. The molecule has 3 saturated carbocycles. The van der Waals surface area contributed by atoms with Gasteiger partial charge in [0.05, 0.1) is 11.5 Å². The van der Waals surface area contributed by atoms with Crippen molar-refractivity contribution < 1.29 is 23.5 Å². The van der Waals surface area contributed by atoms with Gasteiger partial charge in [0.2, 0.25) is 0 Å². The van der Waals surface area contributed by atoms with Crippen molar-refractivity contribution in [1.82, 2.24) is 0 Å². The average molecular weight is 489 g/mol. The van der Waals surface area contributed by atoms with Crippen molar-refractivity contribution in [3.63, 3.8) is 0 Å². The largest absolute Gasteiger partial charge is 0.509 e. The normalized spacial score (nSPS) is 49.1. The van der Waals surface area contributed by atoms with Gasteiger partial charge in [-0.15, -0.1) is 0 Å². The molecule has 5 rings (SSSR count). The van der Waals surface area contributed by atoms with Crippen molar-refractivity contribution in [3.05, 3.63) is 11.6 Å². The van der Waals surface area contributed by atoms with Crippen LogP contribution in [0.1, 0.15) is 68.7 Å². The first-order valence-electron chi connectivity index (χ1n) is 13.3. The first-order valence-corrected chi connectivity index (χ1v) is 16.2. The maximum atomic E-state index is 15.1. The van der Waals surface area contributed by atoms with Crippen molar-refractivity contribution in [2.75, 3.05) is 0 Å². The fourth-order valence-electron chi connectivity index (χ4n) is 8.40. The van der Waals surface area contributed by atoms with E-state index in [2.05, 4.69) is 81.5 Å². The summed E-state index contributed by atoms with van der Waals surface area (Å²) in [6, 6.07) is 0. The highest BCUT2D eigenvalue weighted by molar-refractivity contribution is 6.74. The van der Waals surface area contributed by atoms with Gasteiger partial charge in [0, 0.05) is 17.8 Å². The van der Waals surface area contributed by atoms with Crippen molar-refractivity contribution in [3.8, 4) is 0 Å². The summed E-state index contributed by atoms with van der Waals surface area (Å²) in [4.78, 5) is 27.9. The molecule has 1 saturated heterocycles. The monoisotopic (exact) mass is 488 g/mol. The Labute approximate surface area is 206 Å². The van der Waals surface area contributed by atoms with E-state index in [4.69, 9.17) is 13.9 Å². The molecule has 6 heteroatoms. The van der Waals surface area contributed by atoms with E-state index in [1.165, 1.54) is 0 Å². The van der Waals surface area contributed by atoms with Gasteiger partial charge in [-0.25, -0.2) is 4.79 Å². The van der Waals surface area contributed by atoms with Crippen LogP contribution < -0.4 is 0 Å². The molecule has 2 bridgehead atoms. The van der Waals surface area contributed by atoms with Crippen molar-refractivity contribution in [2.45, 2.75) is 105 Å². The molecule has 0 radical (unpaired) electrons. The predicted octanol–water partition coefficient (Wildman–Crippen LogP) is 6.38. The molecular weight excluding hydrogens is 444 g/mol. The Morgan fingerprint density at radius 1 is 1.12 bits per heavy atom. The molecule has 5 aliphatic rings. The van der Waals surface area contributed by atoms with Gasteiger partial charge >= 0.3 is 6.16 Å². The van der Waals surface area contributed by atoms with Crippen LogP contribution in [-0.2, 0) is 18.7 Å². The van der Waals surface area contributed by atoms with E-state index in [9.17, 15) is 4.79 Å². The minimum atomic E-state index is -2.21. The van der Waals surface area contributed by atoms with Crippen LogP contribution in [0.3, 0.4) is 0 Å². The minimum Gasteiger partial charge on any atom is -0.426 e. The lowest BCUT2D eigenvalue weighted by atomic mass is 9.58. The van der Waals surface area contributed by atoms with Crippen LogP contribution in [0.15, 0.2) is 11.6 Å². The van der Waals surface area contributed by atoms with Gasteiger partial charge in [0.25, 0.3) is 0 Å². The van der Waals surface area contributed by atoms with E-state index >= 15 is 4.79 Å². The Kier molecular flexibility index (Phi) is 4.90. The number of carbonyl (C=O) groups is 2. The molecule has 0 N–H and O–H groups in total. The zero-order valence-corrected chi connectivity index (χ0v) is 23.9. The third kappa shape index (κ3) is 2.65. The van der Waals surface area contributed by atoms with Crippen LogP contribution in [0.2, 0.25) is 18.1 Å². The zero-order chi connectivity index (χ0) is 25.4. The minimum absolute atomic E-state index is 0.0104. The summed E-state index contributed by atoms with van der Waals surface area (Å²) in [6.45, 7) is 24.4. The highest BCUT2D eigenvalue weighted by Crippen LogP contribution is 2.74. The van der Waals surface area contributed by atoms with E-state index in [1.807, 2.05) is 0 Å². The van der Waals surface area contributed by atoms with E-state index in [0.29, 0.717) is 5.92 Å². The summed E-state index contributed by atoms with van der Waals surface area (Å²) < 4.78 is 19.5. The van der Waals surface area contributed by atoms with Gasteiger partial charge in [-0.3, -0.25) is 4.79 Å². The molecule has 10 atom stereocenters. The van der Waals surface area contributed by atoms with Crippen LogP contribution >= 0.6 is 0 Å². The van der Waals surface area contributed by atoms with Gasteiger partial charge in [0.1, 0.15) is 0 Å². The average Bonchev–Trinajstić information content (AvgIpc) is 3.00. The van der Waals surface area contributed by atoms with Crippen LogP contribution in [-0.4, -0.2) is 38.1 Å². The molecule has 5 nitrogen and oxygen atoms in total. The second-order valence-corrected chi connectivity index (χ2v) is 19.1. The predicted molar refractivity (Wildman–Crippen MR) is 134 cm³/mol. The molecule has 0 aromatic rings. The summed E-state index contributed by atoms with van der Waals surface area (Å²) in [6.07, 6.45) is 1.72. The van der Waals surface area contributed by atoms with Crippen molar-refractivity contribution in [1.29, 1.82) is 0 Å². The zero-order valence-electron chi connectivity index (χ0n) is 22.9. The van der Waals surface area contributed by atoms with Gasteiger partial charge in [-0.1, -0.05) is 67.0 Å². The summed E-state index contributed by atoms with van der Waals surface area (Å²) in [7, 11) is -2.21. The molecular formula is C28H44O5Si. The maximum absolute atomic E-state index is 15.1. The Hall–Kier alpha value is -1.14. The van der Waals surface area contributed by atoms with E-state index < -0.39 is 31.6 Å². The third-order valence-corrected chi connectivity index (χ3v) is 16.0. The molecule has 0 aromatic carbocycles. The number of fused-ring (bicyclic) bond motifs is 3. The number of Topliss-reactive ketones (excluding diaryl/α,β-unsaturated/α-hetero) is 1. The van der Waals surface area contributed by atoms with Crippen LogP contribution in [0.4, 0.5) is 4.79 Å².